The van der Waals surface area contributed by atoms with Gasteiger partial charge in [-0.25, -0.2) is 19.9 Å². The number of rotatable bonds is 10. The van der Waals surface area contributed by atoms with E-state index in [0.717, 1.165) is 86.0 Å². The Balaban J connectivity index is 1.40. The van der Waals surface area contributed by atoms with Gasteiger partial charge in [0.15, 0.2) is 34.6 Å². The smallest absolute Gasteiger partial charge is 0.161 e. The van der Waals surface area contributed by atoms with E-state index in [9.17, 15) is 0 Å². The highest BCUT2D eigenvalue weighted by molar-refractivity contribution is 5.73. The van der Waals surface area contributed by atoms with Crippen LogP contribution in [0.4, 0.5) is 11.6 Å². The van der Waals surface area contributed by atoms with Crippen molar-refractivity contribution in [1.29, 1.82) is 0 Å². The van der Waals surface area contributed by atoms with Crippen molar-refractivity contribution in [2.45, 2.75) is 25.7 Å². The van der Waals surface area contributed by atoms with Crippen LogP contribution in [-0.2, 0) is 0 Å². The van der Waals surface area contributed by atoms with Crippen LogP contribution in [0, 0.1) is 0 Å². The number of hydrogen-bond donors (Lipinski definition) is 0. The largest absolute Gasteiger partial charge is 0.493 e. The molecular formula is C34H38N6O4. The molecule has 0 amide bonds. The van der Waals surface area contributed by atoms with E-state index in [-0.39, 0.29) is 0 Å². The molecule has 0 aliphatic carbocycles. The maximum absolute atomic E-state index is 5.56. The van der Waals surface area contributed by atoms with E-state index in [0.29, 0.717) is 34.6 Å². The quantitative estimate of drug-likeness (QED) is 0.217. The summed E-state index contributed by atoms with van der Waals surface area (Å²) in [7, 11) is 6.54. The van der Waals surface area contributed by atoms with Crippen LogP contribution in [0.2, 0.25) is 0 Å². The third-order valence-corrected chi connectivity index (χ3v) is 8.06. The summed E-state index contributed by atoms with van der Waals surface area (Å²) < 4.78 is 22.0. The Hall–Kier alpha value is -4.86. The SMILES string of the molecule is COc1ccc(-c2cc(N3CCCC3)nc(C=Cc3nc(-c4ccc(OC)c(OC)c4)cc(N4CCCC4)n3)n2)cc1OC. The lowest BCUT2D eigenvalue weighted by Gasteiger charge is -2.18. The van der Waals surface area contributed by atoms with Crippen molar-refractivity contribution in [1.82, 2.24) is 19.9 Å². The standard InChI is InChI=1S/C34H38N6O4/c1-41-27-11-9-23(19-29(27)43-3)25-21-33(39-15-5-6-16-39)37-31(35-25)13-14-32-36-26(22-34(38-32)40-17-7-8-18-40)24-10-12-28(42-2)30(20-24)44-4/h9-14,19-22H,5-8,15-18H2,1-4H3. The summed E-state index contributed by atoms with van der Waals surface area (Å²) in [5.41, 5.74) is 3.45. The molecule has 6 rings (SSSR count). The Kier molecular flexibility index (Phi) is 8.76. The van der Waals surface area contributed by atoms with Crippen molar-refractivity contribution in [2.24, 2.45) is 0 Å². The van der Waals surface area contributed by atoms with Crippen LogP contribution in [-0.4, -0.2) is 74.6 Å². The highest BCUT2D eigenvalue weighted by Crippen LogP contribution is 2.35. The first-order valence-corrected chi connectivity index (χ1v) is 15.0. The minimum atomic E-state index is 0.585. The fourth-order valence-corrected chi connectivity index (χ4v) is 5.71. The van der Waals surface area contributed by atoms with Crippen LogP contribution in [0.5, 0.6) is 23.0 Å². The lowest BCUT2D eigenvalue weighted by atomic mass is 10.1. The Morgan fingerprint density at radius 1 is 0.500 bits per heavy atom. The molecule has 44 heavy (non-hydrogen) atoms. The normalized spacial score (nSPS) is 14.8. The van der Waals surface area contributed by atoms with Gasteiger partial charge in [-0.2, -0.15) is 0 Å². The molecule has 0 radical (unpaired) electrons. The number of benzene rings is 2. The molecule has 0 N–H and O–H groups in total. The van der Waals surface area contributed by atoms with Crippen LogP contribution in [0.3, 0.4) is 0 Å². The number of aromatic nitrogens is 4. The lowest BCUT2D eigenvalue weighted by Crippen LogP contribution is -2.20. The zero-order valence-electron chi connectivity index (χ0n) is 25.7. The Labute approximate surface area is 258 Å². The first-order valence-electron chi connectivity index (χ1n) is 15.0. The number of hydrogen-bond acceptors (Lipinski definition) is 10. The fraction of sp³-hybridized carbons (Fsp3) is 0.353. The Morgan fingerprint density at radius 3 is 1.25 bits per heavy atom. The molecule has 2 aromatic carbocycles. The van der Waals surface area contributed by atoms with Gasteiger partial charge >= 0.3 is 0 Å². The van der Waals surface area contributed by atoms with E-state index in [1.165, 1.54) is 0 Å². The van der Waals surface area contributed by atoms with E-state index < -0.39 is 0 Å². The fourth-order valence-electron chi connectivity index (χ4n) is 5.71. The minimum Gasteiger partial charge on any atom is -0.493 e. The highest BCUT2D eigenvalue weighted by Gasteiger charge is 2.19. The second-order valence-corrected chi connectivity index (χ2v) is 10.8. The molecule has 10 nitrogen and oxygen atoms in total. The van der Waals surface area contributed by atoms with E-state index >= 15 is 0 Å². The van der Waals surface area contributed by atoms with E-state index in [1.807, 2.05) is 60.7 Å². The second-order valence-electron chi connectivity index (χ2n) is 10.8. The molecule has 0 spiro atoms. The van der Waals surface area contributed by atoms with Gasteiger partial charge in [0.2, 0.25) is 0 Å². The monoisotopic (exact) mass is 594 g/mol. The topological polar surface area (TPSA) is 95.0 Å². The van der Waals surface area contributed by atoms with Crippen molar-refractivity contribution in [3.63, 3.8) is 0 Å². The summed E-state index contributed by atoms with van der Waals surface area (Å²) in [6, 6.07) is 15.8. The zero-order chi connectivity index (χ0) is 30.5. The summed E-state index contributed by atoms with van der Waals surface area (Å²) in [6.07, 6.45) is 8.39. The third kappa shape index (κ3) is 6.24. The van der Waals surface area contributed by atoms with Crippen LogP contribution in [0.25, 0.3) is 34.7 Å². The third-order valence-electron chi connectivity index (χ3n) is 8.06. The molecular weight excluding hydrogens is 556 g/mol. The molecule has 0 atom stereocenters. The van der Waals surface area contributed by atoms with Crippen molar-refractivity contribution >= 4 is 23.8 Å². The number of ether oxygens (including phenoxy) is 4. The lowest BCUT2D eigenvalue weighted by molar-refractivity contribution is 0.355. The Morgan fingerprint density at radius 2 is 0.886 bits per heavy atom. The maximum atomic E-state index is 5.56. The van der Waals surface area contributed by atoms with Crippen LogP contribution in [0.1, 0.15) is 37.3 Å². The number of methoxy groups -OCH3 is 4. The van der Waals surface area contributed by atoms with Gasteiger partial charge in [0, 0.05) is 49.4 Å². The van der Waals surface area contributed by atoms with Gasteiger partial charge in [-0.1, -0.05) is 0 Å². The average molecular weight is 595 g/mol. The van der Waals surface area contributed by atoms with Gasteiger partial charge in [0.1, 0.15) is 11.6 Å². The van der Waals surface area contributed by atoms with Crippen LogP contribution < -0.4 is 28.7 Å². The van der Waals surface area contributed by atoms with Crippen LogP contribution >= 0.6 is 0 Å². The number of nitrogens with zero attached hydrogens (tertiary/aromatic N) is 6. The van der Waals surface area contributed by atoms with Crippen molar-refractivity contribution in [2.75, 3.05) is 64.4 Å². The number of anilines is 2. The van der Waals surface area contributed by atoms with Crippen molar-refractivity contribution in [3.8, 4) is 45.5 Å². The minimum absolute atomic E-state index is 0.585. The van der Waals surface area contributed by atoms with E-state index in [4.69, 9.17) is 38.9 Å². The maximum Gasteiger partial charge on any atom is 0.161 e. The molecule has 2 aliphatic heterocycles. The molecule has 0 saturated carbocycles. The molecule has 4 aromatic rings. The molecule has 4 heterocycles. The molecule has 0 bridgehead atoms. The molecule has 2 aliphatic rings. The second kappa shape index (κ2) is 13.2. The predicted molar refractivity (Wildman–Crippen MR) is 173 cm³/mol. The van der Waals surface area contributed by atoms with Gasteiger partial charge in [-0.15, -0.1) is 0 Å². The first-order chi connectivity index (χ1) is 21.6. The average Bonchev–Trinajstić information content (AvgIpc) is 3.82. The van der Waals surface area contributed by atoms with Gasteiger partial charge < -0.3 is 28.7 Å². The van der Waals surface area contributed by atoms with Gasteiger partial charge in [0.05, 0.1) is 39.8 Å². The Bertz CT molecular complexity index is 1530. The first kappa shape index (κ1) is 29.2. The summed E-state index contributed by atoms with van der Waals surface area (Å²) in [5, 5.41) is 0. The summed E-state index contributed by atoms with van der Waals surface area (Å²) in [4.78, 5) is 24.3. The van der Waals surface area contributed by atoms with E-state index in [1.54, 1.807) is 28.4 Å². The molecule has 2 fully saturated rings. The summed E-state index contributed by atoms with van der Waals surface area (Å²) >= 11 is 0. The van der Waals surface area contributed by atoms with Gasteiger partial charge in [0.25, 0.3) is 0 Å². The molecule has 2 aromatic heterocycles. The highest BCUT2D eigenvalue weighted by atomic mass is 16.5. The summed E-state index contributed by atoms with van der Waals surface area (Å²) in [5.74, 6) is 5.62. The van der Waals surface area contributed by atoms with Gasteiger partial charge in [-0.05, 0) is 74.2 Å². The van der Waals surface area contributed by atoms with Crippen molar-refractivity contribution < 1.29 is 18.9 Å². The zero-order valence-corrected chi connectivity index (χ0v) is 25.7. The molecule has 228 valence electrons. The predicted octanol–water partition coefficient (Wildman–Crippen LogP) is 6.01. The van der Waals surface area contributed by atoms with E-state index in [2.05, 4.69) is 9.80 Å². The van der Waals surface area contributed by atoms with Gasteiger partial charge in [-0.3, -0.25) is 0 Å². The molecule has 0 unspecified atom stereocenters. The molecule has 10 heteroatoms. The molecule has 2 saturated heterocycles. The van der Waals surface area contributed by atoms with Crippen molar-refractivity contribution in [3.05, 3.63) is 60.2 Å². The van der Waals surface area contributed by atoms with Crippen LogP contribution in [0.15, 0.2) is 48.5 Å². The summed E-state index contributed by atoms with van der Waals surface area (Å²) in [6.45, 7) is 3.89.